The lowest BCUT2D eigenvalue weighted by Crippen LogP contribution is -2.47. The summed E-state index contributed by atoms with van der Waals surface area (Å²) in [6, 6.07) is 9.22. The third-order valence-corrected chi connectivity index (χ3v) is 8.62. The van der Waals surface area contributed by atoms with E-state index < -0.39 is 48.4 Å². The van der Waals surface area contributed by atoms with Crippen molar-refractivity contribution in [3.05, 3.63) is 53.5 Å². The number of hydrogen-bond acceptors (Lipinski definition) is 5. The number of halogens is 3. The van der Waals surface area contributed by atoms with Crippen molar-refractivity contribution in [1.29, 1.82) is 0 Å². The summed E-state index contributed by atoms with van der Waals surface area (Å²) < 4.78 is 64.8. The molecule has 0 amide bonds. The minimum Gasteiger partial charge on any atom is -0.420 e. The fraction of sp³-hybridized carbons (Fsp3) is 0.481. The van der Waals surface area contributed by atoms with Gasteiger partial charge in [0.15, 0.2) is 0 Å². The lowest BCUT2D eigenvalue weighted by Gasteiger charge is -2.32. The van der Waals surface area contributed by atoms with Crippen molar-refractivity contribution in [1.82, 2.24) is 0 Å². The summed E-state index contributed by atoms with van der Waals surface area (Å²) in [6.07, 6.45) is -2.41. The number of benzene rings is 2. The first-order valence-electron chi connectivity index (χ1n) is 12.9. The molecule has 2 aromatic rings. The lowest BCUT2D eigenvalue weighted by atomic mass is 9.53. The van der Waals surface area contributed by atoms with Crippen LogP contribution in [0.15, 0.2) is 42.4 Å². The monoisotopic (exact) mass is 525 g/mol. The molecule has 3 aliphatic heterocycles. The minimum absolute atomic E-state index is 0.325. The van der Waals surface area contributed by atoms with Gasteiger partial charge in [0.05, 0.1) is 28.0 Å². The Kier molecular flexibility index (Phi) is 6.23. The van der Waals surface area contributed by atoms with E-state index in [1.165, 1.54) is 12.1 Å². The molecule has 0 saturated carbocycles. The Balaban J connectivity index is 1.54. The number of anilines is 1. The molecule has 3 heterocycles. The average molecular weight is 525 g/mol. The first kappa shape index (κ1) is 27.4. The molecular formula is C27H33B3F3NO4. The molecule has 0 spiro atoms. The molecule has 2 saturated heterocycles. The van der Waals surface area contributed by atoms with Gasteiger partial charge in [-0.05, 0) is 66.4 Å². The standard InChI is InChI=1S/C27H33B3F3NO4/c1-23(2)24(3,4)36-29(35-23)20-15-17-13-14-28(19-11-9-18(10-12-19)27(31,32)33)34-22(17)21(16-20)30-37-25(5,6)26(7,8)38-30/h9-16,34H,1-8H3. The number of hydrogen-bond donors (Lipinski definition) is 1. The van der Waals surface area contributed by atoms with Crippen LogP contribution in [-0.2, 0) is 24.8 Å². The molecule has 0 atom stereocenters. The minimum atomic E-state index is -4.38. The smallest absolute Gasteiger partial charge is 0.420 e. The molecule has 200 valence electrons. The van der Waals surface area contributed by atoms with Gasteiger partial charge in [0.25, 0.3) is 0 Å². The van der Waals surface area contributed by atoms with Gasteiger partial charge in [-0.15, -0.1) is 0 Å². The van der Waals surface area contributed by atoms with E-state index in [1.54, 1.807) is 0 Å². The second kappa shape index (κ2) is 8.65. The Morgan fingerprint density at radius 2 is 1.18 bits per heavy atom. The molecule has 0 radical (unpaired) electrons. The summed E-state index contributed by atoms with van der Waals surface area (Å²) in [5, 5.41) is 3.51. The molecule has 5 nitrogen and oxygen atoms in total. The van der Waals surface area contributed by atoms with E-state index in [9.17, 15) is 13.2 Å². The normalized spacial score (nSPS) is 23.0. The van der Waals surface area contributed by atoms with Gasteiger partial charge in [-0.2, -0.15) is 13.2 Å². The molecular weight excluding hydrogens is 492 g/mol. The van der Waals surface area contributed by atoms with Gasteiger partial charge in [-0.25, -0.2) is 0 Å². The fourth-order valence-corrected chi connectivity index (χ4v) is 4.76. The summed E-state index contributed by atoms with van der Waals surface area (Å²) in [7, 11) is -1.24. The highest BCUT2D eigenvalue weighted by Gasteiger charge is 2.54. The molecule has 5 rings (SSSR count). The zero-order valence-electron chi connectivity index (χ0n) is 23.1. The van der Waals surface area contributed by atoms with E-state index in [4.69, 9.17) is 18.6 Å². The summed E-state index contributed by atoms with van der Waals surface area (Å²) in [6.45, 7) is 15.7. The van der Waals surface area contributed by atoms with Gasteiger partial charge in [0.2, 0.25) is 0 Å². The van der Waals surface area contributed by atoms with Gasteiger partial charge in [-0.3, -0.25) is 0 Å². The molecule has 11 heteroatoms. The van der Waals surface area contributed by atoms with E-state index in [2.05, 4.69) is 5.23 Å². The molecule has 0 bridgehead atoms. The average Bonchev–Trinajstić information content (AvgIpc) is 3.17. The SMILES string of the molecule is CC1(C)OB(c2cc3c(c(B4OC(C)(C)C(C)(C)O4)c2)NB(c2ccc(C(F)(F)F)cc2)C=C3)OC1(C)C. The maximum Gasteiger partial charge on any atom is 0.496 e. The number of nitrogens with one attached hydrogen (secondary N) is 1. The van der Waals surface area contributed by atoms with Crippen LogP contribution in [0.1, 0.15) is 66.5 Å². The summed E-state index contributed by atoms with van der Waals surface area (Å²) in [5.74, 6) is 1.94. The summed E-state index contributed by atoms with van der Waals surface area (Å²) >= 11 is 0. The van der Waals surface area contributed by atoms with Crippen molar-refractivity contribution in [2.24, 2.45) is 0 Å². The van der Waals surface area contributed by atoms with E-state index in [0.29, 0.717) is 0 Å². The third-order valence-electron chi connectivity index (χ3n) is 8.62. The lowest BCUT2D eigenvalue weighted by molar-refractivity contribution is -0.137. The third kappa shape index (κ3) is 4.61. The van der Waals surface area contributed by atoms with Gasteiger partial charge < -0.3 is 23.8 Å². The Morgan fingerprint density at radius 3 is 1.68 bits per heavy atom. The van der Waals surface area contributed by atoms with Crippen molar-refractivity contribution >= 4 is 49.2 Å². The van der Waals surface area contributed by atoms with Crippen molar-refractivity contribution in [2.45, 2.75) is 84.0 Å². The van der Waals surface area contributed by atoms with Crippen LogP contribution in [-0.4, -0.2) is 43.5 Å². The molecule has 3 aliphatic rings. The van der Waals surface area contributed by atoms with Crippen LogP contribution < -0.4 is 21.6 Å². The van der Waals surface area contributed by atoms with Gasteiger partial charge in [-0.1, -0.05) is 53.9 Å². The van der Waals surface area contributed by atoms with Crippen molar-refractivity contribution in [2.75, 3.05) is 5.23 Å². The van der Waals surface area contributed by atoms with E-state index >= 15 is 0 Å². The first-order valence-corrected chi connectivity index (χ1v) is 12.9. The Labute approximate surface area is 223 Å². The second-order valence-corrected chi connectivity index (χ2v) is 12.4. The van der Waals surface area contributed by atoms with Crippen LogP contribution >= 0.6 is 0 Å². The van der Waals surface area contributed by atoms with Crippen LogP contribution in [0.3, 0.4) is 0 Å². The summed E-state index contributed by atoms with van der Waals surface area (Å²) in [5.41, 5.74) is 1.26. The second-order valence-electron chi connectivity index (χ2n) is 12.4. The van der Waals surface area contributed by atoms with Crippen LogP contribution in [0.2, 0.25) is 0 Å². The molecule has 1 N–H and O–H groups in total. The van der Waals surface area contributed by atoms with Crippen LogP contribution in [0.4, 0.5) is 18.9 Å². The fourth-order valence-electron chi connectivity index (χ4n) is 4.76. The van der Waals surface area contributed by atoms with E-state index in [-0.39, 0.29) is 6.85 Å². The highest BCUT2D eigenvalue weighted by molar-refractivity contribution is 6.82. The van der Waals surface area contributed by atoms with Crippen molar-refractivity contribution in [3.8, 4) is 0 Å². The van der Waals surface area contributed by atoms with E-state index in [0.717, 1.165) is 39.8 Å². The van der Waals surface area contributed by atoms with Gasteiger partial charge in [0, 0.05) is 11.2 Å². The van der Waals surface area contributed by atoms with E-state index in [1.807, 2.05) is 79.6 Å². The van der Waals surface area contributed by atoms with Gasteiger partial charge >= 0.3 is 27.3 Å². The molecule has 0 aromatic heterocycles. The Bertz CT molecular complexity index is 1240. The predicted octanol–water partition coefficient (Wildman–Crippen LogP) is 4.18. The topological polar surface area (TPSA) is 49.0 Å². The Morgan fingerprint density at radius 1 is 0.684 bits per heavy atom. The van der Waals surface area contributed by atoms with Crippen LogP contribution in [0.5, 0.6) is 0 Å². The largest absolute Gasteiger partial charge is 0.496 e. The molecule has 2 fully saturated rings. The molecule has 0 aliphatic carbocycles. The predicted molar refractivity (Wildman–Crippen MR) is 147 cm³/mol. The number of alkyl halides is 3. The summed E-state index contributed by atoms with van der Waals surface area (Å²) in [4.78, 5) is 0. The quantitative estimate of drug-likeness (QED) is 0.611. The zero-order chi connectivity index (χ0) is 27.9. The number of fused-ring (bicyclic) bond motifs is 1. The van der Waals surface area contributed by atoms with Gasteiger partial charge in [0.1, 0.15) is 0 Å². The van der Waals surface area contributed by atoms with Crippen molar-refractivity contribution in [3.63, 3.8) is 0 Å². The van der Waals surface area contributed by atoms with Crippen LogP contribution in [0.25, 0.3) is 6.08 Å². The Hall–Kier alpha value is -2.20. The number of rotatable bonds is 3. The highest BCUT2D eigenvalue weighted by atomic mass is 19.4. The first-order chi connectivity index (χ1) is 17.4. The molecule has 2 aromatic carbocycles. The van der Waals surface area contributed by atoms with Crippen LogP contribution in [0, 0.1) is 0 Å². The van der Waals surface area contributed by atoms with Crippen molar-refractivity contribution < 1.29 is 31.8 Å². The maximum atomic E-state index is 13.1. The zero-order valence-corrected chi connectivity index (χ0v) is 23.1. The highest BCUT2D eigenvalue weighted by Crippen LogP contribution is 2.39. The maximum absolute atomic E-state index is 13.1. The molecule has 0 unspecified atom stereocenters. The molecule has 38 heavy (non-hydrogen) atoms.